The lowest BCUT2D eigenvalue weighted by atomic mass is 9.98. The summed E-state index contributed by atoms with van der Waals surface area (Å²) in [6.07, 6.45) is 3.98. The number of aryl methyl sites for hydroxylation is 1. The number of carbonyl (C=O) groups excluding carboxylic acids is 1. The molecule has 9 nitrogen and oxygen atoms in total. The predicted molar refractivity (Wildman–Crippen MR) is 164 cm³/mol. The second kappa shape index (κ2) is 13.4. The maximum Gasteiger partial charge on any atom is 0.355 e. The number of aromatic amines is 2. The maximum absolute atomic E-state index is 13.1. The Morgan fingerprint density at radius 2 is 1.91 bits per heavy atom. The second-order valence-corrected chi connectivity index (χ2v) is 10.6. The van der Waals surface area contributed by atoms with Crippen molar-refractivity contribution >= 4 is 27.6 Å². The van der Waals surface area contributed by atoms with Crippen molar-refractivity contribution in [3.8, 4) is 16.9 Å². The molecule has 3 aromatic carbocycles. The Morgan fingerprint density at radius 1 is 1.07 bits per heavy atom. The zero-order chi connectivity index (χ0) is 29.6. The van der Waals surface area contributed by atoms with Crippen LogP contribution in [-0.4, -0.2) is 52.4 Å². The van der Waals surface area contributed by atoms with Gasteiger partial charge in [-0.2, -0.15) is 5.10 Å². The van der Waals surface area contributed by atoms with Crippen molar-refractivity contribution in [3.63, 3.8) is 0 Å². The van der Waals surface area contributed by atoms with Crippen molar-refractivity contribution in [1.82, 2.24) is 15.2 Å². The molecule has 224 valence electrons. The van der Waals surface area contributed by atoms with Crippen LogP contribution in [0.5, 0.6) is 5.75 Å². The third kappa shape index (κ3) is 6.15. The lowest BCUT2D eigenvalue weighted by Crippen LogP contribution is -2.22. The van der Waals surface area contributed by atoms with E-state index in [1.54, 1.807) is 6.92 Å². The number of ether oxygens (including phenoxy) is 4. The summed E-state index contributed by atoms with van der Waals surface area (Å²) in [5, 5.41) is 20.7. The fourth-order valence-electron chi connectivity index (χ4n) is 5.84. The second-order valence-electron chi connectivity index (χ2n) is 10.6. The van der Waals surface area contributed by atoms with Gasteiger partial charge in [0.2, 0.25) is 0 Å². The van der Waals surface area contributed by atoms with Gasteiger partial charge in [0.15, 0.2) is 6.29 Å². The first-order valence-electron chi connectivity index (χ1n) is 15.0. The Morgan fingerprint density at radius 3 is 2.74 bits per heavy atom. The first kappa shape index (κ1) is 28.9. The van der Waals surface area contributed by atoms with E-state index in [1.807, 2.05) is 42.5 Å². The van der Waals surface area contributed by atoms with Crippen LogP contribution in [0, 0.1) is 0 Å². The van der Waals surface area contributed by atoms with Crippen LogP contribution in [0.3, 0.4) is 0 Å². The molecule has 2 aromatic heterocycles. The molecule has 0 amide bonds. The number of hydrogen-bond acceptors (Lipinski definition) is 7. The summed E-state index contributed by atoms with van der Waals surface area (Å²) in [5.41, 5.74) is 4.91. The molecule has 1 saturated heterocycles. The standard InChI is InChI=1S/C34H37N3O6/c1-2-40-34(39)33-25(15-9-19-41-29-16-7-11-22-10-3-4-12-23(22)29)24-13-8-14-26(32(24)35-33)31-27(20-38)36-37-28(31)21-43-30-17-5-6-18-42-30/h3-4,7-8,10-14,16,30,35,38H,2,5-6,9,15,17-21H2,1H3,(H,36,37). The topological polar surface area (TPSA) is 119 Å². The van der Waals surface area contributed by atoms with Gasteiger partial charge in [0.25, 0.3) is 0 Å². The Kier molecular flexibility index (Phi) is 9.02. The quantitative estimate of drug-likeness (QED) is 0.114. The number of rotatable bonds is 12. The highest BCUT2D eigenvalue weighted by Crippen LogP contribution is 2.36. The highest BCUT2D eigenvalue weighted by atomic mass is 16.7. The van der Waals surface area contributed by atoms with E-state index in [1.165, 1.54) is 0 Å². The van der Waals surface area contributed by atoms with Gasteiger partial charge < -0.3 is 29.0 Å². The fraction of sp³-hybridized carbons (Fsp3) is 0.353. The molecule has 3 N–H and O–H groups in total. The number of hydrogen-bond donors (Lipinski definition) is 3. The van der Waals surface area contributed by atoms with E-state index in [9.17, 15) is 9.90 Å². The Labute approximate surface area is 250 Å². The Balaban J connectivity index is 1.29. The van der Waals surface area contributed by atoms with Crippen molar-refractivity contribution in [1.29, 1.82) is 0 Å². The number of esters is 1. The first-order valence-corrected chi connectivity index (χ1v) is 15.0. The molecule has 6 rings (SSSR count). The summed E-state index contributed by atoms with van der Waals surface area (Å²) < 4.78 is 23.4. The number of aliphatic hydroxyl groups is 1. The fourth-order valence-corrected chi connectivity index (χ4v) is 5.84. The normalized spacial score (nSPS) is 15.3. The third-order valence-corrected chi connectivity index (χ3v) is 7.89. The molecule has 0 aliphatic carbocycles. The van der Waals surface area contributed by atoms with E-state index < -0.39 is 5.97 Å². The highest BCUT2D eigenvalue weighted by Gasteiger charge is 2.24. The lowest BCUT2D eigenvalue weighted by Gasteiger charge is -2.22. The smallest absolute Gasteiger partial charge is 0.355 e. The molecule has 1 aliphatic rings. The molecular formula is C34H37N3O6. The van der Waals surface area contributed by atoms with Gasteiger partial charge in [-0.15, -0.1) is 0 Å². The summed E-state index contributed by atoms with van der Waals surface area (Å²) >= 11 is 0. The summed E-state index contributed by atoms with van der Waals surface area (Å²) in [6.45, 7) is 3.26. The molecule has 1 aliphatic heterocycles. The van der Waals surface area contributed by atoms with Crippen molar-refractivity contribution in [2.24, 2.45) is 0 Å². The van der Waals surface area contributed by atoms with Crippen LogP contribution in [0.15, 0.2) is 60.7 Å². The molecular weight excluding hydrogens is 546 g/mol. The number of para-hydroxylation sites is 1. The van der Waals surface area contributed by atoms with Gasteiger partial charge in [0, 0.05) is 28.5 Å². The highest BCUT2D eigenvalue weighted by molar-refractivity contribution is 6.04. The largest absolute Gasteiger partial charge is 0.493 e. The molecule has 1 unspecified atom stereocenters. The number of aliphatic hydroxyl groups excluding tert-OH is 1. The van der Waals surface area contributed by atoms with Crippen LogP contribution in [0.25, 0.3) is 32.8 Å². The van der Waals surface area contributed by atoms with Gasteiger partial charge in [-0.1, -0.05) is 54.6 Å². The number of benzene rings is 3. The lowest BCUT2D eigenvalue weighted by molar-refractivity contribution is -0.169. The Bertz CT molecular complexity index is 1700. The van der Waals surface area contributed by atoms with E-state index in [4.69, 9.17) is 18.9 Å². The van der Waals surface area contributed by atoms with Gasteiger partial charge >= 0.3 is 5.97 Å². The molecule has 9 heteroatoms. The third-order valence-electron chi connectivity index (χ3n) is 7.89. The van der Waals surface area contributed by atoms with Crippen molar-refractivity contribution < 1.29 is 28.8 Å². The predicted octanol–water partition coefficient (Wildman–Crippen LogP) is 6.44. The van der Waals surface area contributed by atoms with Crippen LogP contribution in [-0.2, 0) is 33.8 Å². The first-order chi connectivity index (χ1) is 21.2. The molecule has 0 saturated carbocycles. The summed E-state index contributed by atoms with van der Waals surface area (Å²) in [4.78, 5) is 16.5. The van der Waals surface area contributed by atoms with Crippen molar-refractivity contribution in [3.05, 3.63) is 83.3 Å². The molecule has 3 heterocycles. The van der Waals surface area contributed by atoms with Crippen molar-refractivity contribution in [2.45, 2.75) is 58.5 Å². The SMILES string of the molecule is CCOC(=O)c1[nH]c2c(-c3c(COC4CCCCO4)n[nH]c3CO)cccc2c1CCCOc1cccc2ccccc12. The number of carbonyl (C=O) groups is 1. The molecule has 0 radical (unpaired) electrons. The number of aromatic nitrogens is 3. The monoisotopic (exact) mass is 583 g/mol. The summed E-state index contributed by atoms with van der Waals surface area (Å²) in [5.74, 6) is 0.442. The minimum Gasteiger partial charge on any atom is -0.493 e. The van der Waals surface area contributed by atoms with E-state index in [2.05, 4.69) is 33.4 Å². The van der Waals surface area contributed by atoms with Crippen LogP contribution in [0.1, 0.15) is 60.0 Å². The summed E-state index contributed by atoms with van der Waals surface area (Å²) in [7, 11) is 0. The maximum atomic E-state index is 13.1. The zero-order valence-corrected chi connectivity index (χ0v) is 24.4. The van der Waals surface area contributed by atoms with Crippen LogP contribution in [0.4, 0.5) is 0 Å². The molecule has 0 bridgehead atoms. The number of H-pyrrole nitrogens is 2. The van der Waals surface area contributed by atoms with Gasteiger partial charge in [0.1, 0.15) is 11.4 Å². The van der Waals surface area contributed by atoms with Crippen molar-refractivity contribution in [2.75, 3.05) is 19.8 Å². The molecule has 5 aromatic rings. The van der Waals surface area contributed by atoms with E-state index >= 15 is 0 Å². The molecule has 43 heavy (non-hydrogen) atoms. The number of nitrogens with zero attached hydrogens (tertiary/aromatic N) is 1. The van der Waals surface area contributed by atoms with Crippen LogP contribution >= 0.6 is 0 Å². The van der Waals surface area contributed by atoms with Gasteiger partial charge in [-0.25, -0.2) is 4.79 Å². The summed E-state index contributed by atoms with van der Waals surface area (Å²) in [6, 6.07) is 20.1. The average Bonchev–Trinajstić information content (AvgIpc) is 3.64. The van der Waals surface area contributed by atoms with Crippen LogP contribution in [0.2, 0.25) is 0 Å². The number of nitrogens with one attached hydrogen (secondary N) is 2. The van der Waals surface area contributed by atoms with Gasteiger partial charge in [-0.3, -0.25) is 5.10 Å². The minimum atomic E-state index is -0.401. The zero-order valence-electron chi connectivity index (χ0n) is 24.4. The molecule has 1 fully saturated rings. The molecule has 1 atom stereocenters. The van der Waals surface area contributed by atoms with Gasteiger partial charge in [0.05, 0.1) is 43.3 Å². The minimum absolute atomic E-state index is 0.220. The average molecular weight is 584 g/mol. The van der Waals surface area contributed by atoms with E-state index in [0.717, 1.165) is 63.4 Å². The Hall–Kier alpha value is -4.18. The molecule has 0 spiro atoms. The van der Waals surface area contributed by atoms with E-state index in [0.29, 0.717) is 43.1 Å². The van der Waals surface area contributed by atoms with Crippen LogP contribution < -0.4 is 4.74 Å². The van der Waals surface area contributed by atoms with Gasteiger partial charge in [-0.05, 0) is 56.0 Å². The van der Waals surface area contributed by atoms with E-state index in [-0.39, 0.29) is 26.1 Å². The number of fused-ring (bicyclic) bond motifs is 2.